The van der Waals surface area contributed by atoms with Gasteiger partial charge in [0.1, 0.15) is 0 Å². The predicted molar refractivity (Wildman–Crippen MR) is 74.2 cm³/mol. The molecule has 22 heavy (non-hydrogen) atoms. The van der Waals surface area contributed by atoms with Crippen LogP contribution in [0.1, 0.15) is 12.8 Å². The quantitative estimate of drug-likeness (QED) is 0.772. The van der Waals surface area contributed by atoms with Crippen LogP contribution in [0.15, 0.2) is 0 Å². The van der Waals surface area contributed by atoms with Crippen LogP contribution in [0.4, 0.5) is 18.0 Å². The molecular weight excluding hydrogens is 323 g/mol. The van der Waals surface area contributed by atoms with Crippen molar-refractivity contribution in [3.8, 4) is 0 Å². The Morgan fingerprint density at radius 3 is 2.59 bits per heavy atom. The molecule has 2 aliphatic heterocycles. The fraction of sp³-hybridized carbons (Fsp3) is 0.917. The first-order valence-electron chi connectivity index (χ1n) is 7.17. The smallest absolute Gasteiger partial charge is 0.338 e. The molecular formula is C12H20F3N3O3S. The van der Waals surface area contributed by atoms with E-state index in [0.717, 1.165) is 0 Å². The molecule has 2 N–H and O–H groups in total. The molecule has 0 aliphatic carbocycles. The third-order valence-electron chi connectivity index (χ3n) is 3.89. The number of carbonyl (C=O) groups is 1. The van der Waals surface area contributed by atoms with Crippen LogP contribution in [0.5, 0.6) is 0 Å². The maximum atomic E-state index is 12.3. The molecule has 10 heteroatoms. The van der Waals surface area contributed by atoms with Crippen LogP contribution in [0.25, 0.3) is 0 Å². The number of likely N-dealkylation sites (tertiary alicyclic amines) is 1. The first kappa shape index (κ1) is 17.3. The van der Waals surface area contributed by atoms with Crippen LogP contribution < -0.4 is 10.6 Å². The summed E-state index contributed by atoms with van der Waals surface area (Å²) in [6.45, 7) is 0.0429. The summed E-state index contributed by atoms with van der Waals surface area (Å²) in [5.74, 6) is 0.0105. The predicted octanol–water partition coefficient (Wildman–Crippen LogP) is 0.357. The van der Waals surface area contributed by atoms with Gasteiger partial charge < -0.3 is 10.6 Å². The van der Waals surface area contributed by atoms with E-state index in [9.17, 15) is 26.4 Å². The number of rotatable bonds is 4. The van der Waals surface area contributed by atoms with E-state index in [2.05, 4.69) is 10.6 Å². The van der Waals surface area contributed by atoms with Crippen LogP contribution in [-0.4, -0.2) is 69.3 Å². The SMILES string of the molecule is O=C(NC[C@@H]1CCN(CC(F)(F)F)C1)N[C@H]1CCS(=O)(=O)C1. The number of nitrogens with one attached hydrogen (secondary N) is 2. The summed E-state index contributed by atoms with van der Waals surface area (Å²) < 4.78 is 59.3. The summed E-state index contributed by atoms with van der Waals surface area (Å²) in [5.41, 5.74) is 0. The minimum Gasteiger partial charge on any atom is -0.338 e. The molecule has 2 saturated heterocycles. The van der Waals surface area contributed by atoms with E-state index in [1.807, 2.05) is 0 Å². The zero-order valence-electron chi connectivity index (χ0n) is 12.0. The highest BCUT2D eigenvalue weighted by Gasteiger charge is 2.34. The zero-order chi connectivity index (χ0) is 16.4. The van der Waals surface area contributed by atoms with Crippen molar-refractivity contribution in [2.24, 2.45) is 5.92 Å². The normalized spacial score (nSPS) is 28.7. The van der Waals surface area contributed by atoms with Crippen molar-refractivity contribution in [1.29, 1.82) is 0 Å². The minimum absolute atomic E-state index is 0.0135. The molecule has 2 fully saturated rings. The Labute approximate surface area is 127 Å². The van der Waals surface area contributed by atoms with Crippen molar-refractivity contribution in [2.75, 3.05) is 37.7 Å². The second-order valence-electron chi connectivity index (χ2n) is 5.96. The zero-order valence-corrected chi connectivity index (χ0v) is 12.8. The summed E-state index contributed by atoms with van der Waals surface area (Å²) in [5, 5.41) is 5.19. The summed E-state index contributed by atoms with van der Waals surface area (Å²) in [6.07, 6.45) is -3.19. The van der Waals surface area contributed by atoms with Gasteiger partial charge in [0.25, 0.3) is 0 Å². The third kappa shape index (κ3) is 5.64. The molecule has 2 atom stereocenters. The highest BCUT2D eigenvalue weighted by molar-refractivity contribution is 7.91. The fourth-order valence-electron chi connectivity index (χ4n) is 2.86. The summed E-state index contributed by atoms with van der Waals surface area (Å²) in [6, 6.07) is -0.841. The molecule has 0 radical (unpaired) electrons. The number of carbonyl (C=O) groups excluding carboxylic acids is 1. The van der Waals surface area contributed by atoms with Gasteiger partial charge in [-0.1, -0.05) is 0 Å². The maximum absolute atomic E-state index is 12.3. The van der Waals surface area contributed by atoms with Crippen molar-refractivity contribution in [2.45, 2.75) is 25.1 Å². The molecule has 0 bridgehead atoms. The van der Waals surface area contributed by atoms with Gasteiger partial charge in [0.2, 0.25) is 0 Å². The van der Waals surface area contributed by atoms with Gasteiger partial charge in [-0.25, -0.2) is 13.2 Å². The number of amides is 2. The standard InChI is InChI=1S/C12H20F3N3O3S/c13-12(14,15)8-18-3-1-9(6-18)5-16-11(19)17-10-2-4-22(20,21)7-10/h9-10H,1-8H2,(H2,16,17,19)/t9-,10-/m0/s1. The van der Waals surface area contributed by atoms with E-state index in [1.165, 1.54) is 4.90 Å². The lowest BCUT2D eigenvalue weighted by Crippen LogP contribution is -2.44. The second kappa shape index (κ2) is 6.61. The molecule has 0 spiro atoms. The Bertz CT molecular complexity index is 509. The molecule has 128 valence electrons. The average molecular weight is 343 g/mol. The first-order valence-corrected chi connectivity index (χ1v) is 8.99. The lowest BCUT2D eigenvalue weighted by Gasteiger charge is -2.18. The number of hydrogen-bond acceptors (Lipinski definition) is 4. The lowest BCUT2D eigenvalue weighted by molar-refractivity contribution is -0.143. The molecule has 6 nitrogen and oxygen atoms in total. The number of halogens is 3. The van der Waals surface area contributed by atoms with E-state index in [1.54, 1.807) is 0 Å². The van der Waals surface area contributed by atoms with Crippen molar-refractivity contribution in [3.63, 3.8) is 0 Å². The van der Waals surface area contributed by atoms with Gasteiger partial charge in [0, 0.05) is 19.1 Å². The number of nitrogens with zero attached hydrogens (tertiary/aromatic N) is 1. The lowest BCUT2D eigenvalue weighted by atomic mass is 10.1. The van der Waals surface area contributed by atoms with Gasteiger partial charge in [-0.15, -0.1) is 0 Å². The van der Waals surface area contributed by atoms with Crippen molar-refractivity contribution in [1.82, 2.24) is 15.5 Å². The van der Waals surface area contributed by atoms with Crippen LogP contribution in [0.3, 0.4) is 0 Å². The van der Waals surface area contributed by atoms with Gasteiger partial charge >= 0.3 is 12.2 Å². The van der Waals surface area contributed by atoms with Gasteiger partial charge in [-0.2, -0.15) is 13.2 Å². The van der Waals surface area contributed by atoms with Gasteiger partial charge in [-0.3, -0.25) is 4.90 Å². The molecule has 2 amide bonds. The largest absolute Gasteiger partial charge is 0.401 e. The molecule has 2 rings (SSSR count). The highest BCUT2D eigenvalue weighted by Crippen LogP contribution is 2.22. The summed E-state index contributed by atoms with van der Waals surface area (Å²) in [4.78, 5) is 13.0. The highest BCUT2D eigenvalue weighted by atomic mass is 32.2. The second-order valence-corrected chi connectivity index (χ2v) is 8.19. The van der Waals surface area contributed by atoms with E-state index in [-0.39, 0.29) is 23.5 Å². The topological polar surface area (TPSA) is 78.5 Å². The molecule has 2 aliphatic rings. The summed E-state index contributed by atoms with van der Waals surface area (Å²) in [7, 11) is -3.05. The molecule has 2 heterocycles. The number of hydrogen-bond donors (Lipinski definition) is 2. The minimum atomic E-state index is -4.20. The Kier molecular flexibility index (Phi) is 5.21. The van der Waals surface area contributed by atoms with E-state index >= 15 is 0 Å². The van der Waals surface area contributed by atoms with E-state index in [0.29, 0.717) is 32.5 Å². The molecule has 0 saturated carbocycles. The van der Waals surface area contributed by atoms with Crippen LogP contribution >= 0.6 is 0 Å². The van der Waals surface area contributed by atoms with E-state index < -0.39 is 28.6 Å². The van der Waals surface area contributed by atoms with Crippen LogP contribution in [-0.2, 0) is 9.84 Å². The van der Waals surface area contributed by atoms with Crippen LogP contribution in [0.2, 0.25) is 0 Å². The Morgan fingerprint density at radius 1 is 1.27 bits per heavy atom. The van der Waals surface area contributed by atoms with Gasteiger partial charge in [-0.05, 0) is 25.3 Å². The maximum Gasteiger partial charge on any atom is 0.401 e. The number of sulfone groups is 1. The monoisotopic (exact) mass is 343 g/mol. The Balaban J connectivity index is 1.65. The molecule has 0 aromatic carbocycles. The first-order chi connectivity index (χ1) is 10.1. The molecule has 0 aromatic heterocycles. The Morgan fingerprint density at radius 2 is 2.00 bits per heavy atom. The van der Waals surface area contributed by atoms with Crippen molar-refractivity contribution in [3.05, 3.63) is 0 Å². The summed E-state index contributed by atoms with van der Waals surface area (Å²) >= 11 is 0. The number of alkyl halides is 3. The van der Waals surface area contributed by atoms with Crippen LogP contribution in [0, 0.1) is 5.92 Å². The average Bonchev–Trinajstić information content (AvgIpc) is 2.91. The Hall–Kier alpha value is -1.03. The van der Waals surface area contributed by atoms with Gasteiger partial charge in [0.05, 0.1) is 18.1 Å². The van der Waals surface area contributed by atoms with E-state index in [4.69, 9.17) is 0 Å². The molecule has 0 aromatic rings. The fourth-order valence-corrected chi connectivity index (χ4v) is 4.53. The van der Waals surface area contributed by atoms with Gasteiger partial charge in [0.15, 0.2) is 9.84 Å². The molecule has 0 unspecified atom stereocenters. The number of urea groups is 1. The van der Waals surface area contributed by atoms with Crippen molar-refractivity contribution >= 4 is 15.9 Å². The van der Waals surface area contributed by atoms with Crippen molar-refractivity contribution < 1.29 is 26.4 Å². The third-order valence-corrected chi connectivity index (χ3v) is 5.66.